The van der Waals surface area contributed by atoms with E-state index < -0.39 is 5.41 Å². The third-order valence-electron chi connectivity index (χ3n) is 6.09. The molecule has 3 fully saturated rings. The summed E-state index contributed by atoms with van der Waals surface area (Å²) < 4.78 is 14.2. The third kappa shape index (κ3) is 2.97. The van der Waals surface area contributed by atoms with Crippen LogP contribution in [0, 0.1) is 11.7 Å². The Morgan fingerprint density at radius 1 is 1.12 bits per heavy atom. The molecule has 2 aliphatic heterocycles. The van der Waals surface area contributed by atoms with Gasteiger partial charge in [0.05, 0.1) is 5.41 Å². The highest BCUT2D eigenvalue weighted by molar-refractivity contribution is 5.91. The molecule has 1 saturated carbocycles. The van der Waals surface area contributed by atoms with E-state index in [9.17, 15) is 9.18 Å². The van der Waals surface area contributed by atoms with Gasteiger partial charge in [-0.2, -0.15) is 0 Å². The van der Waals surface area contributed by atoms with Gasteiger partial charge in [-0.05, 0) is 57.2 Å². The van der Waals surface area contributed by atoms with Gasteiger partial charge in [-0.25, -0.2) is 4.39 Å². The van der Waals surface area contributed by atoms with E-state index in [1.807, 2.05) is 11.0 Å². The minimum absolute atomic E-state index is 0.161. The van der Waals surface area contributed by atoms with Crippen LogP contribution in [-0.4, -0.2) is 48.4 Å². The highest BCUT2D eigenvalue weighted by Crippen LogP contribution is 2.50. The first-order chi connectivity index (χ1) is 11.7. The number of carbonyl (C=O) groups is 1. The Morgan fingerprint density at radius 3 is 2.58 bits per heavy atom. The monoisotopic (exact) mass is 330 g/mol. The maximum Gasteiger partial charge on any atom is 0.233 e. The van der Waals surface area contributed by atoms with Crippen molar-refractivity contribution in [1.82, 2.24) is 9.80 Å². The number of hydrogen-bond acceptors (Lipinski definition) is 2. The molecule has 0 radical (unpaired) electrons. The van der Waals surface area contributed by atoms with E-state index in [0.29, 0.717) is 11.5 Å². The van der Waals surface area contributed by atoms with Crippen LogP contribution in [0.25, 0.3) is 0 Å². The third-order valence-corrected chi connectivity index (χ3v) is 6.09. The smallest absolute Gasteiger partial charge is 0.233 e. The van der Waals surface area contributed by atoms with Crippen molar-refractivity contribution in [1.29, 1.82) is 0 Å². The van der Waals surface area contributed by atoms with E-state index in [1.54, 1.807) is 12.1 Å². The molecule has 1 amide bonds. The SMILES string of the molecule is O=C(N1CCC(CN2CCCCC2)C1)C1(c2ccccc2F)CC1. The van der Waals surface area contributed by atoms with Gasteiger partial charge in [0.1, 0.15) is 5.82 Å². The molecule has 130 valence electrons. The summed E-state index contributed by atoms with van der Waals surface area (Å²) in [7, 11) is 0. The summed E-state index contributed by atoms with van der Waals surface area (Å²) in [6.07, 6.45) is 6.66. The van der Waals surface area contributed by atoms with Crippen molar-refractivity contribution in [3.8, 4) is 0 Å². The Bertz CT molecular complexity index is 607. The van der Waals surface area contributed by atoms with Crippen LogP contribution in [0.1, 0.15) is 44.1 Å². The van der Waals surface area contributed by atoms with E-state index in [4.69, 9.17) is 0 Å². The van der Waals surface area contributed by atoms with Crippen LogP contribution in [-0.2, 0) is 10.2 Å². The maximum absolute atomic E-state index is 14.2. The van der Waals surface area contributed by atoms with E-state index in [1.165, 1.54) is 38.4 Å². The first kappa shape index (κ1) is 16.1. The van der Waals surface area contributed by atoms with Crippen molar-refractivity contribution in [3.05, 3.63) is 35.6 Å². The predicted molar refractivity (Wildman–Crippen MR) is 92.3 cm³/mol. The summed E-state index contributed by atoms with van der Waals surface area (Å²) in [6.45, 7) is 5.24. The minimum atomic E-state index is -0.564. The Kier molecular flexibility index (Phi) is 4.33. The average molecular weight is 330 g/mol. The summed E-state index contributed by atoms with van der Waals surface area (Å²) >= 11 is 0. The van der Waals surface area contributed by atoms with Gasteiger partial charge in [0.25, 0.3) is 0 Å². The number of rotatable bonds is 4. The number of hydrogen-bond donors (Lipinski definition) is 0. The van der Waals surface area contributed by atoms with Gasteiger partial charge in [0.15, 0.2) is 0 Å². The molecule has 3 nitrogen and oxygen atoms in total. The van der Waals surface area contributed by atoms with Crippen molar-refractivity contribution in [2.45, 2.75) is 43.9 Å². The normalized spacial score (nSPS) is 26.5. The summed E-state index contributed by atoms with van der Waals surface area (Å²) in [5.41, 5.74) is 0.0419. The van der Waals surface area contributed by atoms with Gasteiger partial charge < -0.3 is 9.80 Å². The number of benzene rings is 1. The zero-order valence-corrected chi connectivity index (χ0v) is 14.3. The van der Waals surface area contributed by atoms with Gasteiger partial charge in [-0.1, -0.05) is 24.6 Å². The van der Waals surface area contributed by atoms with Crippen LogP contribution in [0.3, 0.4) is 0 Å². The fraction of sp³-hybridized carbons (Fsp3) is 0.650. The first-order valence-electron chi connectivity index (χ1n) is 9.46. The van der Waals surface area contributed by atoms with Crippen molar-refractivity contribution in [2.24, 2.45) is 5.92 Å². The van der Waals surface area contributed by atoms with Gasteiger partial charge in [0.2, 0.25) is 5.91 Å². The first-order valence-corrected chi connectivity index (χ1v) is 9.46. The number of nitrogens with zero attached hydrogens (tertiary/aromatic N) is 2. The quantitative estimate of drug-likeness (QED) is 0.846. The molecule has 1 aromatic rings. The van der Waals surface area contributed by atoms with E-state index in [0.717, 1.165) is 38.9 Å². The van der Waals surface area contributed by atoms with Crippen molar-refractivity contribution < 1.29 is 9.18 Å². The van der Waals surface area contributed by atoms with E-state index in [-0.39, 0.29) is 11.7 Å². The van der Waals surface area contributed by atoms with E-state index >= 15 is 0 Å². The molecule has 4 heteroatoms. The molecule has 0 bridgehead atoms. The van der Waals surface area contributed by atoms with Crippen molar-refractivity contribution >= 4 is 5.91 Å². The maximum atomic E-state index is 14.2. The van der Waals surface area contributed by atoms with Gasteiger partial charge in [-0.15, -0.1) is 0 Å². The van der Waals surface area contributed by atoms with Crippen LogP contribution in [0.15, 0.2) is 24.3 Å². The molecule has 4 rings (SSSR count). The topological polar surface area (TPSA) is 23.6 Å². The number of halogens is 1. The molecule has 0 aromatic heterocycles. The van der Waals surface area contributed by atoms with Crippen LogP contribution in [0.4, 0.5) is 4.39 Å². The number of amides is 1. The molecule has 1 aliphatic carbocycles. The van der Waals surface area contributed by atoms with Gasteiger partial charge >= 0.3 is 0 Å². The average Bonchev–Trinajstić information content (AvgIpc) is 3.28. The number of carbonyl (C=O) groups excluding carboxylic acids is 1. The molecular weight excluding hydrogens is 303 g/mol. The fourth-order valence-electron chi connectivity index (χ4n) is 4.55. The molecular formula is C20H27FN2O. The summed E-state index contributed by atoms with van der Waals surface area (Å²) in [5, 5.41) is 0. The summed E-state index contributed by atoms with van der Waals surface area (Å²) in [5.74, 6) is 0.518. The predicted octanol–water partition coefficient (Wildman–Crippen LogP) is 3.19. The minimum Gasteiger partial charge on any atom is -0.342 e. The Hall–Kier alpha value is -1.42. The molecule has 2 saturated heterocycles. The molecule has 1 unspecified atom stereocenters. The summed E-state index contributed by atoms with van der Waals surface area (Å²) in [4.78, 5) is 17.6. The van der Waals surface area contributed by atoms with Gasteiger partial charge in [-0.3, -0.25) is 4.79 Å². The van der Waals surface area contributed by atoms with Crippen molar-refractivity contribution in [3.63, 3.8) is 0 Å². The lowest BCUT2D eigenvalue weighted by Gasteiger charge is -2.29. The zero-order chi connectivity index (χ0) is 16.6. The number of likely N-dealkylation sites (tertiary alicyclic amines) is 2. The molecule has 1 atom stereocenters. The van der Waals surface area contributed by atoms with Crippen LogP contribution in [0.5, 0.6) is 0 Å². The van der Waals surface area contributed by atoms with Crippen LogP contribution < -0.4 is 0 Å². The molecule has 0 N–H and O–H groups in total. The molecule has 1 aromatic carbocycles. The second kappa shape index (κ2) is 6.47. The van der Waals surface area contributed by atoms with Crippen LogP contribution >= 0.6 is 0 Å². The second-order valence-corrected chi connectivity index (χ2v) is 7.83. The van der Waals surface area contributed by atoms with Crippen LogP contribution in [0.2, 0.25) is 0 Å². The Labute approximate surface area is 143 Å². The number of piperidine rings is 1. The van der Waals surface area contributed by atoms with Gasteiger partial charge in [0, 0.05) is 25.2 Å². The lowest BCUT2D eigenvalue weighted by Crippen LogP contribution is -2.40. The molecule has 0 spiro atoms. The largest absolute Gasteiger partial charge is 0.342 e. The second-order valence-electron chi connectivity index (χ2n) is 7.83. The highest BCUT2D eigenvalue weighted by atomic mass is 19.1. The van der Waals surface area contributed by atoms with Crippen molar-refractivity contribution in [2.75, 3.05) is 32.7 Å². The fourth-order valence-corrected chi connectivity index (χ4v) is 4.55. The Balaban J connectivity index is 1.40. The van der Waals surface area contributed by atoms with E-state index in [2.05, 4.69) is 4.90 Å². The standard InChI is InChI=1S/C20H27FN2O/c21-18-7-3-2-6-17(18)20(9-10-20)19(24)23-13-8-16(15-23)14-22-11-4-1-5-12-22/h2-3,6-7,16H,1,4-5,8-15H2. The molecule has 24 heavy (non-hydrogen) atoms. The summed E-state index contributed by atoms with van der Waals surface area (Å²) in [6, 6.07) is 6.81. The molecule has 3 aliphatic rings. The molecule has 2 heterocycles. The lowest BCUT2D eigenvalue weighted by atomic mass is 9.94. The lowest BCUT2D eigenvalue weighted by molar-refractivity contribution is -0.133. The highest BCUT2D eigenvalue weighted by Gasteiger charge is 2.54. The Morgan fingerprint density at radius 2 is 1.88 bits per heavy atom. The zero-order valence-electron chi connectivity index (χ0n) is 14.3.